The molecule has 6 nitrogen and oxygen atoms in total. The molecule has 0 aromatic carbocycles. The zero-order valence-electron chi connectivity index (χ0n) is 6.94. The summed E-state index contributed by atoms with van der Waals surface area (Å²) in [6.45, 7) is 0. The summed E-state index contributed by atoms with van der Waals surface area (Å²) in [7, 11) is -2.44. The summed E-state index contributed by atoms with van der Waals surface area (Å²) in [4.78, 5) is 11.1. The van der Waals surface area contributed by atoms with Gasteiger partial charge >= 0.3 is 0 Å². The van der Waals surface area contributed by atoms with Gasteiger partial charge in [-0.1, -0.05) is 0 Å². The number of carbonyl (C=O) groups is 1. The molecule has 0 saturated heterocycles. The van der Waals surface area contributed by atoms with Crippen molar-refractivity contribution in [2.24, 2.45) is 10.6 Å². The Morgan fingerprint density at radius 1 is 1.77 bits per heavy atom. The van der Waals surface area contributed by atoms with Gasteiger partial charge < -0.3 is 5.32 Å². The second-order valence-corrected chi connectivity index (χ2v) is 4.69. The Bertz CT molecular complexity index is 382. The van der Waals surface area contributed by atoms with Crippen LogP contribution in [0, 0.1) is 16.7 Å². The maximum Gasteiger partial charge on any atom is 0.241 e. The highest BCUT2D eigenvalue weighted by molar-refractivity contribution is 7.90. The van der Waals surface area contributed by atoms with E-state index >= 15 is 0 Å². The second kappa shape index (κ2) is 2.68. The second-order valence-electron chi connectivity index (χ2n) is 2.94. The maximum absolute atomic E-state index is 11.1. The number of hydrogen-bond donors (Lipinski definition) is 2. The zero-order valence-corrected chi connectivity index (χ0v) is 7.76. The fraction of sp³-hybridized carbons (Fsp3) is 0.667. The molecule has 1 amide bonds. The highest BCUT2D eigenvalue weighted by Gasteiger charge is 2.66. The van der Waals surface area contributed by atoms with E-state index in [4.69, 9.17) is 10.4 Å². The molecule has 1 fully saturated rings. The number of nitrogens with two attached hydrogens (primary N) is 1. The Kier molecular flexibility index (Phi) is 2.05. The predicted octanol–water partition coefficient (Wildman–Crippen LogP) is -1.70. The average Bonchev–Trinajstić information content (AvgIpc) is 2.78. The number of primary sulfonamides is 1. The lowest BCUT2D eigenvalue weighted by Gasteiger charge is -2.04. The van der Waals surface area contributed by atoms with Gasteiger partial charge in [-0.05, 0) is 6.42 Å². The summed E-state index contributed by atoms with van der Waals surface area (Å²) >= 11 is 0. The molecule has 7 heteroatoms. The van der Waals surface area contributed by atoms with E-state index in [1.165, 1.54) is 7.05 Å². The van der Waals surface area contributed by atoms with Crippen molar-refractivity contribution < 1.29 is 13.2 Å². The van der Waals surface area contributed by atoms with Crippen molar-refractivity contribution in [2.45, 2.75) is 11.7 Å². The van der Waals surface area contributed by atoms with Gasteiger partial charge in [0.2, 0.25) is 15.9 Å². The molecular formula is C6H9N3O3S. The Hall–Kier alpha value is -1.13. The molecule has 1 rings (SSSR count). The molecule has 3 N–H and O–H groups in total. The summed E-state index contributed by atoms with van der Waals surface area (Å²) in [5.41, 5.74) is -1.46. The molecule has 1 aliphatic rings. The summed E-state index contributed by atoms with van der Waals surface area (Å²) in [5.74, 6) is -0.589. The molecule has 0 aromatic heterocycles. The third-order valence-corrected chi connectivity index (χ3v) is 3.49. The van der Waals surface area contributed by atoms with Crippen LogP contribution in [-0.2, 0) is 14.8 Å². The van der Waals surface area contributed by atoms with Gasteiger partial charge in [0.05, 0.1) is 6.07 Å². The molecule has 1 aliphatic carbocycles. The summed E-state index contributed by atoms with van der Waals surface area (Å²) in [6, 6.07) is 1.69. The molecule has 0 aromatic rings. The fourth-order valence-electron chi connectivity index (χ4n) is 1.26. The largest absolute Gasteiger partial charge is 0.358 e. The predicted molar refractivity (Wildman–Crippen MR) is 43.6 cm³/mol. The van der Waals surface area contributed by atoms with Gasteiger partial charge in [-0.25, -0.2) is 13.6 Å². The minimum atomic E-state index is -3.79. The van der Waals surface area contributed by atoms with Crippen molar-refractivity contribution in [3.63, 3.8) is 0 Å². The number of hydrogen-bond acceptors (Lipinski definition) is 4. The van der Waals surface area contributed by atoms with Crippen molar-refractivity contribution in [3.05, 3.63) is 0 Å². The first-order valence-corrected chi connectivity index (χ1v) is 5.14. The topological polar surface area (TPSA) is 113 Å². The van der Waals surface area contributed by atoms with Crippen LogP contribution in [-0.4, -0.2) is 26.6 Å². The summed E-state index contributed by atoms with van der Waals surface area (Å²) in [5, 5.41) is 14.7. The van der Waals surface area contributed by atoms with Crippen LogP contribution < -0.4 is 10.5 Å². The lowest BCUT2D eigenvalue weighted by Crippen LogP contribution is -2.34. The molecule has 0 aliphatic heterocycles. The van der Waals surface area contributed by atoms with Gasteiger partial charge in [-0.2, -0.15) is 5.26 Å². The normalized spacial score (nSPS) is 31.9. The van der Waals surface area contributed by atoms with Crippen LogP contribution in [0.5, 0.6) is 0 Å². The lowest BCUT2D eigenvalue weighted by atomic mass is 10.1. The SMILES string of the molecule is CNC(=O)[C@]1(C#N)C[C@H]1S(N)(=O)=O. The van der Waals surface area contributed by atoms with E-state index in [-0.39, 0.29) is 6.42 Å². The van der Waals surface area contributed by atoms with Crippen LogP contribution in [0.1, 0.15) is 6.42 Å². The van der Waals surface area contributed by atoms with Gasteiger partial charge in [0.1, 0.15) is 5.25 Å². The first-order chi connectivity index (χ1) is 5.88. The van der Waals surface area contributed by atoms with Crippen LogP contribution in [0.4, 0.5) is 0 Å². The monoisotopic (exact) mass is 203 g/mol. The molecule has 0 unspecified atom stereocenters. The van der Waals surface area contributed by atoms with Gasteiger partial charge in [-0.15, -0.1) is 0 Å². The number of carbonyl (C=O) groups excluding carboxylic acids is 1. The third-order valence-electron chi connectivity index (χ3n) is 2.13. The lowest BCUT2D eigenvalue weighted by molar-refractivity contribution is -0.123. The minimum Gasteiger partial charge on any atom is -0.358 e. The van der Waals surface area contributed by atoms with E-state index in [2.05, 4.69) is 5.32 Å². The van der Waals surface area contributed by atoms with Crippen molar-refractivity contribution in [2.75, 3.05) is 7.05 Å². The quantitative estimate of drug-likeness (QED) is 0.557. The van der Waals surface area contributed by atoms with Gasteiger partial charge in [-0.3, -0.25) is 4.79 Å². The van der Waals surface area contributed by atoms with Gasteiger partial charge in [0, 0.05) is 7.05 Å². The Morgan fingerprint density at radius 3 is 2.54 bits per heavy atom. The van der Waals surface area contributed by atoms with Crippen LogP contribution in [0.25, 0.3) is 0 Å². The number of amides is 1. The van der Waals surface area contributed by atoms with E-state index in [0.717, 1.165) is 0 Å². The standard InChI is InChI=1S/C6H9N3O3S/c1-9-5(10)6(3-7)2-4(6)13(8,11)12/h4H,2H2,1H3,(H,9,10)(H2,8,11,12)/t4-,6+/m1/s1. The Balaban J connectivity index is 2.96. The minimum absolute atomic E-state index is 0.0119. The first-order valence-electron chi connectivity index (χ1n) is 3.53. The van der Waals surface area contributed by atoms with E-state index in [1.807, 2.05) is 0 Å². The average molecular weight is 203 g/mol. The van der Waals surface area contributed by atoms with Crippen LogP contribution in [0.3, 0.4) is 0 Å². The molecule has 0 heterocycles. The molecule has 72 valence electrons. The highest BCUT2D eigenvalue weighted by Crippen LogP contribution is 2.49. The smallest absolute Gasteiger partial charge is 0.241 e. The number of rotatable bonds is 2. The maximum atomic E-state index is 11.1. The Labute approximate surface area is 75.8 Å². The van der Waals surface area contributed by atoms with E-state index in [1.54, 1.807) is 6.07 Å². The van der Waals surface area contributed by atoms with Crippen LogP contribution in [0.2, 0.25) is 0 Å². The molecule has 13 heavy (non-hydrogen) atoms. The molecule has 0 bridgehead atoms. The van der Waals surface area contributed by atoms with Crippen molar-refractivity contribution in [1.82, 2.24) is 5.32 Å². The summed E-state index contributed by atoms with van der Waals surface area (Å²) < 4.78 is 21.7. The molecule has 0 spiro atoms. The molecule has 2 atom stereocenters. The molecule has 0 radical (unpaired) electrons. The van der Waals surface area contributed by atoms with Gasteiger partial charge in [0.25, 0.3) is 0 Å². The highest BCUT2D eigenvalue weighted by atomic mass is 32.2. The van der Waals surface area contributed by atoms with Crippen molar-refractivity contribution in [1.29, 1.82) is 5.26 Å². The first kappa shape index (κ1) is 9.95. The summed E-state index contributed by atoms with van der Waals surface area (Å²) in [6.07, 6.45) is -0.0119. The van der Waals surface area contributed by atoms with Crippen LogP contribution >= 0.6 is 0 Å². The number of nitriles is 1. The van der Waals surface area contributed by atoms with E-state index in [9.17, 15) is 13.2 Å². The van der Waals surface area contributed by atoms with Crippen molar-refractivity contribution in [3.8, 4) is 6.07 Å². The Morgan fingerprint density at radius 2 is 2.31 bits per heavy atom. The fourth-order valence-corrected chi connectivity index (χ4v) is 2.48. The zero-order chi connectivity index (χ0) is 10.3. The van der Waals surface area contributed by atoms with Gasteiger partial charge in [0.15, 0.2) is 5.41 Å². The number of sulfonamides is 1. The van der Waals surface area contributed by atoms with E-state index in [0.29, 0.717) is 0 Å². The molecule has 1 saturated carbocycles. The number of nitrogens with one attached hydrogen (secondary N) is 1. The number of nitrogens with zero attached hydrogens (tertiary/aromatic N) is 1. The van der Waals surface area contributed by atoms with Crippen molar-refractivity contribution >= 4 is 15.9 Å². The molecular weight excluding hydrogens is 194 g/mol. The third kappa shape index (κ3) is 1.38. The van der Waals surface area contributed by atoms with Crippen LogP contribution in [0.15, 0.2) is 0 Å². The van der Waals surface area contributed by atoms with E-state index < -0.39 is 26.6 Å².